The molecule has 1 aromatic heterocycles. The van der Waals surface area contributed by atoms with Crippen molar-refractivity contribution in [2.24, 2.45) is 7.05 Å². The Morgan fingerprint density at radius 3 is 2.62 bits per heavy atom. The fourth-order valence-corrected chi connectivity index (χ4v) is 2.03. The molecular formula is C15H19ClN4O. The molecule has 112 valence electrons. The van der Waals surface area contributed by atoms with Gasteiger partial charge >= 0.3 is 6.03 Å². The van der Waals surface area contributed by atoms with Crippen LogP contribution in [0.15, 0.2) is 30.3 Å². The summed E-state index contributed by atoms with van der Waals surface area (Å²) >= 11 is 5.81. The van der Waals surface area contributed by atoms with Crippen molar-refractivity contribution in [3.05, 3.63) is 52.3 Å². The highest BCUT2D eigenvalue weighted by Crippen LogP contribution is 2.09. The number of benzene rings is 1. The van der Waals surface area contributed by atoms with Crippen molar-refractivity contribution in [2.75, 3.05) is 6.54 Å². The van der Waals surface area contributed by atoms with Crippen LogP contribution in [0.1, 0.15) is 17.0 Å². The molecule has 0 radical (unpaired) electrons. The number of nitrogens with one attached hydrogen (secondary N) is 2. The first-order chi connectivity index (χ1) is 10.0. The highest BCUT2D eigenvalue weighted by Gasteiger charge is 2.03. The quantitative estimate of drug-likeness (QED) is 0.891. The highest BCUT2D eigenvalue weighted by molar-refractivity contribution is 6.30. The van der Waals surface area contributed by atoms with Crippen LogP contribution in [0.5, 0.6) is 0 Å². The van der Waals surface area contributed by atoms with Crippen LogP contribution in [0.25, 0.3) is 0 Å². The lowest BCUT2D eigenvalue weighted by Gasteiger charge is -2.07. The van der Waals surface area contributed by atoms with E-state index in [1.807, 2.05) is 36.9 Å². The van der Waals surface area contributed by atoms with E-state index < -0.39 is 0 Å². The fourth-order valence-electron chi connectivity index (χ4n) is 1.91. The molecule has 0 spiro atoms. The topological polar surface area (TPSA) is 59.0 Å². The molecule has 0 saturated carbocycles. The number of carbonyl (C=O) groups excluding carboxylic acids is 1. The number of carbonyl (C=O) groups is 1. The van der Waals surface area contributed by atoms with E-state index in [4.69, 9.17) is 11.6 Å². The summed E-state index contributed by atoms with van der Waals surface area (Å²) in [5, 5.41) is 10.6. The first-order valence-electron chi connectivity index (χ1n) is 6.80. The second kappa shape index (κ2) is 7.13. The molecule has 0 unspecified atom stereocenters. The number of hydrogen-bond acceptors (Lipinski definition) is 2. The fraction of sp³-hybridized carbons (Fsp3) is 0.333. The molecule has 1 heterocycles. The average Bonchev–Trinajstić information content (AvgIpc) is 2.77. The molecular weight excluding hydrogens is 288 g/mol. The molecule has 21 heavy (non-hydrogen) atoms. The smallest absolute Gasteiger partial charge is 0.315 e. The number of rotatable bonds is 5. The Balaban J connectivity index is 1.69. The Bertz CT molecular complexity index is 587. The van der Waals surface area contributed by atoms with E-state index >= 15 is 0 Å². The van der Waals surface area contributed by atoms with Crippen molar-refractivity contribution in [2.45, 2.75) is 19.9 Å². The van der Waals surface area contributed by atoms with Crippen molar-refractivity contribution in [1.29, 1.82) is 0 Å². The van der Waals surface area contributed by atoms with Crippen LogP contribution in [0.3, 0.4) is 0 Å². The Kier molecular flexibility index (Phi) is 5.22. The second-order valence-electron chi connectivity index (χ2n) is 4.89. The van der Waals surface area contributed by atoms with Gasteiger partial charge in [0.05, 0.1) is 5.69 Å². The van der Waals surface area contributed by atoms with E-state index in [1.165, 1.54) is 0 Å². The van der Waals surface area contributed by atoms with Crippen molar-refractivity contribution in [3.63, 3.8) is 0 Å². The van der Waals surface area contributed by atoms with Gasteiger partial charge in [-0.25, -0.2) is 4.79 Å². The van der Waals surface area contributed by atoms with Crippen molar-refractivity contribution >= 4 is 17.6 Å². The van der Waals surface area contributed by atoms with E-state index in [-0.39, 0.29) is 6.03 Å². The maximum atomic E-state index is 11.7. The molecule has 2 N–H and O–H groups in total. The molecule has 5 nitrogen and oxygen atoms in total. The monoisotopic (exact) mass is 306 g/mol. The zero-order valence-corrected chi connectivity index (χ0v) is 12.9. The SMILES string of the molecule is Cc1cc(CCNC(=O)NCc2ccc(Cl)cc2)nn1C. The van der Waals surface area contributed by atoms with Crippen molar-refractivity contribution < 1.29 is 4.79 Å². The minimum absolute atomic E-state index is 0.183. The Morgan fingerprint density at radius 2 is 2.00 bits per heavy atom. The minimum atomic E-state index is -0.183. The molecule has 2 aromatic rings. The highest BCUT2D eigenvalue weighted by atomic mass is 35.5. The molecule has 0 aliphatic heterocycles. The third kappa shape index (κ3) is 4.79. The van der Waals surface area contributed by atoms with E-state index in [0.29, 0.717) is 18.1 Å². The van der Waals surface area contributed by atoms with Gasteiger partial charge in [0, 0.05) is 37.3 Å². The van der Waals surface area contributed by atoms with E-state index in [2.05, 4.69) is 15.7 Å². The minimum Gasteiger partial charge on any atom is -0.338 e. The predicted molar refractivity (Wildman–Crippen MR) is 83.3 cm³/mol. The van der Waals surface area contributed by atoms with Crippen LogP contribution in [0.2, 0.25) is 5.02 Å². The first kappa shape index (κ1) is 15.4. The third-order valence-corrected chi connectivity index (χ3v) is 3.45. The van der Waals surface area contributed by atoms with Crippen LogP contribution in [-0.2, 0) is 20.0 Å². The molecule has 0 aliphatic rings. The van der Waals surface area contributed by atoms with Crippen LogP contribution in [-0.4, -0.2) is 22.4 Å². The summed E-state index contributed by atoms with van der Waals surface area (Å²) in [4.78, 5) is 11.7. The summed E-state index contributed by atoms with van der Waals surface area (Å²) < 4.78 is 1.83. The number of urea groups is 1. The molecule has 0 atom stereocenters. The Morgan fingerprint density at radius 1 is 1.29 bits per heavy atom. The Hall–Kier alpha value is -2.01. The van der Waals surface area contributed by atoms with Gasteiger partial charge in [-0.15, -0.1) is 0 Å². The number of nitrogens with zero attached hydrogens (tertiary/aromatic N) is 2. The summed E-state index contributed by atoms with van der Waals surface area (Å²) in [7, 11) is 1.91. The van der Waals surface area contributed by atoms with Crippen LogP contribution in [0, 0.1) is 6.92 Å². The molecule has 6 heteroatoms. The largest absolute Gasteiger partial charge is 0.338 e. The summed E-state index contributed by atoms with van der Waals surface area (Å²) in [5.74, 6) is 0. The van der Waals surface area contributed by atoms with Crippen molar-refractivity contribution in [1.82, 2.24) is 20.4 Å². The van der Waals surface area contributed by atoms with Gasteiger partial charge < -0.3 is 10.6 Å². The van der Waals surface area contributed by atoms with E-state index in [1.54, 1.807) is 12.1 Å². The van der Waals surface area contributed by atoms with Crippen LogP contribution in [0.4, 0.5) is 4.79 Å². The van der Waals surface area contributed by atoms with Crippen LogP contribution < -0.4 is 10.6 Å². The van der Waals surface area contributed by atoms with Gasteiger partial charge in [0.2, 0.25) is 0 Å². The standard InChI is InChI=1S/C15H19ClN4O/c1-11-9-14(19-20(11)2)7-8-17-15(21)18-10-12-3-5-13(16)6-4-12/h3-6,9H,7-8,10H2,1-2H3,(H2,17,18,21). The lowest BCUT2D eigenvalue weighted by atomic mass is 10.2. The van der Waals surface area contributed by atoms with Crippen molar-refractivity contribution in [3.8, 4) is 0 Å². The third-order valence-electron chi connectivity index (χ3n) is 3.20. The molecule has 0 fully saturated rings. The average molecular weight is 307 g/mol. The number of aryl methyl sites for hydroxylation is 2. The van der Waals surface area contributed by atoms with Gasteiger partial charge in [0.1, 0.15) is 0 Å². The summed E-state index contributed by atoms with van der Waals surface area (Å²) in [6, 6.07) is 9.23. The Labute approximate surface area is 129 Å². The zero-order chi connectivity index (χ0) is 15.2. The number of amides is 2. The maximum Gasteiger partial charge on any atom is 0.315 e. The molecule has 0 bridgehead atoms. The predicted octanol–water partition coefficient (Wildman–Crippen LogP) is 2.42. The molecule has 0 saturated heterocycles. The van der Waals surface area contributed by atoms with Gasteiger partial charge in [0.25, 0.3) is 0 Å². The van der Waals surface area contributed by atoms with Gasteiger partial charge in [-0.1, -0.05) is 23.7 Å². The lowest BCUT2D eigenvalue weighted by Crippen LogP contribution is -2.36. The number of halogens is 1. The second-order valence-corrected chi connectivity index (χ2v) is 5.32. The van der Waals surface area contributed by atoms with Gasteiger partial charge in [-0.2, -0.15) is 5.10 Å². The number of hydrogen-bond donors (Lipinski definition) is 2. The summed E-state index contributed by atoms with van der Waals surface area (Å²) in [6.07, 6.45) is 0.718. The van der Waals surface area contributed by atoms with Gasteiger partial charge in [-0.05, 0) is 30.7 Å². The van der Waals surface area contributed by atoms with Crippen LogP contribution >= 0.6 is 11.6 Å². The zero-order valence-electron chi connectivity index (χ0n) is 12.2. The maximum absolute atomic E-state index is 11.7. The van der Waals surface area contributed by atoms with E-state index in [9.17, 15) is 4.79 Å². The van der Waals surface area contributed by atoms with Gasteiger partial charge in [-0.3, -0.25) is 4.68 Å². The van der Waals surface area contributed by atoms with E-state index in [0.717, 1.165) is 23.4 Å². The molecule has 2 rings (SSSR count). The number of aromatic nitrogens is 2. The molecule has 0 aliphatic carbocycles. The lowest BCUT2D eigenvalue weighted by molar-refractivity contribution is 0.240. The normalized spacial score (nSPS) is 10.4. The summed E-state index contributed by atoms with van der Waals surface area (Å²) in [6.45, 7) is 3.04. The van der Waals surface area contributed by atoms with Gasteiger partial charge in [0.15, 0.2) is 0 Å². The first-order valence-corrected chi connectivity index (χ1v) is 7.18. The molecule has 2 amide bonds. The summed E-state index contributed by atoms with van der Waals surface area (Å²) in [5.41, 5.74) is 3.10. The molecule has 1 aromatic carbocycles.